The van der Waals surface area contributed by atoms with E-state index in [1.165, 1.54) is 32.1 Å². The van der Waals surface area contributed by atoms with Crippen molar-refractivity contribution in [3.05, 3.63) is 18.0 Å². The van der Waals surface area contributed by atoms with E-state index in [1.807, 2.05) is 24.6 Å². The van der Waals surface area contributed by atoms with Crippen LogP contribution in [0.3, 0.4) is 0 Å². The third kappa shape index (κ3) is 2.18. The quantitative estimate of drug-likeness (QED) is 0.733. The molecule has 0 saturated heterocycles. The minimum Gasteiger partial charge on any atom is -0.292 e. The van der Waals surface area contributed by atoms with Gasteiger partial charge in [0.15, 0.2) is 5.78 Å². The number of carbonyl (C=O) groups is 1. The second-order valence-electron chi connectivity index (χ2n) is 4.97. The maximum atomic E-state index is 12.0. The van der Waals surface area contributed by atoms with E-state index in [-0.39, 0.29) is 11.7 Å². The zero-order valence-corrected chi connectivity index (χ0v) is 10.1. The molecule has 0 aliphatic heterocycles. The minimum atomic E-state index is 0.0547. The molecule has 3 heteroatoms. The molecule has 1 aromatic rings. The first-order valence-electron chi connectivity index (χ1n) is 6.28. The van der Waals surface area contributed by atoms with E-state index in [9.17, 15) is 4.79 Å². The van der Waals surface area contributed by atoms with Gasteiger partial charge in [0, 0.05) is 12.1 Å². The summed E-state index contributed by atoms with van der Waals surface area (Å²) in [6.45, 7) is 3.89. The molecule has 0 amide bonds. The first kappa shape index (κ1) is 11.4. The van der Waals surface area contributed by atoms with Crippen molar-refractivity contribution in [3.8, 4) is 0 Å². The molecule has 1 aromatic heterocycles. The normalized spacial score (nSPS) is 17.9. The number of ketones is 1. The highest BCUT2D eigenvalue weighted by Crippen LogP contribution is 2.28. The molecule has 0 bridgehead atoms. The van der Waals surface area contributed by atoms with Crippen molar-refractivity contribution in [1.29, 1.82) is 0 Å². The molecule has 0 atom stereocenters. The van der Waals surface area contributed by atoms with Crippen LogP contribution in [0.1, 0.15) is 62.5 Å². The molecular weight excluding hydrogens is 200 g/mol. The number of aromatic nitrogens is 2. The lowest BCUT2D eigenvalue weighted by molar-refractivity contribution is 0.0923. The van der Waals surface area contributed by atoms with Gasteiger partial charge in [0.2, 0.25) is 0 Å². The van der Waals surface area contributed by atoms with E-state index in [4.69, 9.17) is 0 Å². The number of hydrogen-bond acceptors (Lipinski definition) is 2. The molecule has 1 fully saturated rings. The van der Waals surface area contributed by atoms with E-state index in [1.54, 1.807) is 6.20 Å². The zero-order chi connectivity index (χ0) is 11.5. The van der Waals surface area contributed by atoms with Gasteiger partial charge in [-0.3, -0.25) is 9.48 Å². The highest BCUT2D eigenvalue weighted by Gasteiger charge is 2.22. The second-order valence-corrected chi connectivity index (χ2v) is 4.97. The molecule has 0 radical (unpaired) electrons. The third-order valence-electron chi connectivity index (χ3n) is 3.37. The lowest BCUT2D eigenvalue weighted by Gasteiger charge is -2.23. The predicted octanol–water partition coefficient (Wildman–Crippen LogP) is 3.23. The molecule has 2 rings (SSSR count). The molecule has 1 aliphatic carbocycles. The van der Waals surface area contributed by atoms with Crippen molar-refractivity contribution < 1.29 is 4.79 Å². The van der Waals surface area contributed by atoms with Crippen LogP contribution in [0.15, 0.2) is 12.3 Å². The largest absolute Gasteiger partial charge is 0.292 e. The summed E-state index contributed by atoms with van der Waals surface area (Å²) in [5.41, 5.74) is 0.793. The maximum absolute atomic E-state index is 12.0. The molecular formula is C13H20N2O. The SMILES string of the molecule is CC(C)C(=O)c1ccnn1C1CCCCC1. The average molecular weight is 220 g/mol. The number of nitrogens with zero attached hydrogens (tertiary/aromatic N) is 2. The molecule has 1 heterocycles. The van der Waals surface area contributed by atoms with Crippen molar-refractivity contribution in [1.82, 2.24) is 9.78 Å². The Labute approximate surface area is 96.8 Å². The van der Waals surface area contributed by atoms with Crippen LogP contribution in [0, 0.1) is 5.92 Å². The van der Waals surface area contributed by atoms with E-state index in [0.29, 0.717) is 6.04 Å². The molecule has 3 nitrogen and oxygen atoms in total. The van der Waals surface area contributed by atoms with E-state index in [2.05, 4.69) is 5.10 Å². The molecule has 88 valence electrons. The minimum absolute atomic E-state index is 0.0547. The number of Topliss-reactive ketones (excluding diaryl/α,β-unsaturated/α-hetero) is 1. The summed E-state index contributed by atoms with van der Waals surface area (Å²) in [7, 11) is 0. The van der Waals surface area contributed by atoms with Crippen LogP contribution in [-0.2, 0) is 0 Å². The average Bonchev–Trinajstić information content (AvgIpc) is 2.77. The summed E-state index contributed by atoms with van der Waals surface area (Å²) in [6, 6.07) is 2.30. The molecule has 1 aliphatic rings. The Kier molecular flexibility index (Phi) is 3.42. The van der Waals surface area contributed by atoms with E-state index >= 15 is 0 Å². The van der Waals surface area contributed by atoms with Gasteiger partial charge < -0.3 is 0 Å². The van der Waals surface area contributed by atoms with Crippen LogP contribution in [0.5, 0.6) is 0 Å². The standard InChI is InChI=1S/C13H20N2O/c1-10(2)13(16)12-8-9-14-15(12)11-6-4-3-5-7-11/h8-11H,3-7H2,1-2H3. The summed E-state index contributed by atoms with van der Waals surface area (Å²) < 4.78 is 1.96. The molecule has 0 unspecified atom stereocenters. The summed E-state index contributed by atoms with van der Waals surface area (Å²) in [5.74, 6) is 0.266. The van der Waals surface area contributed by atoms with Gasteiger partial charge in [0.05, 0.1) is 6.04 Å². The van der Waals surface area contributed by atoms with Gasteiger partial charge >= 0.3 is 0 Å². The second kappa shape index (κ2) is 4.81. The van der Waals surface area contributed by atoms with Gasteiger partial charge in [0.1, 0.15) is 5.69 Å². The van der Waals surface area contributed by atoms with Crippen LogP contribution < -0.4 is 0 Å². The van der Waals surface area contributed by atoms with E-state index in [0.717, 1.165) is 5.69 Å². The Morgan fingerprint density at radius 1 is 1.38 bits per heavy atom. The van der Waals surface area contributed by atoms with Gasteiger partial charge in [-0.1, -0.05) is 33.1 Å². The summed E-state index contributed by atoms with van der Waals surface area (Å²) in [5, 5.41) is 4.34. The Morgan fingerprint density at radius 3 is 2.69 bits per heavy atom. The van der Waals surface area contributed by atoms with Crippen LogP contribution in [0.4, 0.5) is 0 Å². The number of carbonyl (C=O) groups excluding carboxylic acids is 1. The lowest BCUT2D eigenvalue weighted by atomic mass is 9.95. The van der Waals surface area contributed by atoms with Crippen molar-refractivity contribution in [2.45, 2.75) is 52.0 Å². The van der Waals surface area contributed by atoms with Gasteiger partial charge in [-0.2, -0.15) is 5.10 Å². The Balaban J connectivity index is 2.21. The lowest BCUT2D eigenvalue weighted by Crippen LogP contribution is -2.21. The smallest absolute Gasteiger partial charge is 0.183 e. The first-order chi connectivity index (χ1) is 7.70. The molecule has 0 aromatic carbocycles. The summed E-state index contributed by atoms with van der Waals surface area (Å²) in [6.07, 6.45) is 7.94. The highest BCUT2D eigenvalue weighted by atomic mass is 16.1. The third-order valence-corrected chi connectivity index (χ3v) is 3.37. The summed E-state index contributed by atoms with van der Waals surface area (Å²) in [4.78, 5) is 12.0. The fourth-order valence-corrected chi connectivity index (χ4v) is 2.42. The van der Waals surface area contributed by atoms with Crippen molar-refractivity contribution in [2.75, 3.05) is 0 Å². The van der Waals surface area contributed by atoms with Gasteiger partial charge in [0.25, 0.3) is 0 Å². The highest BCUT2D eigenvalue weighted by molar-refractivity contribution is 5.95. The maximum Gasteiger partial charge on any atom is 0.183 e. The molecule has 0 spiro atoms. The molecule has 0 N–H and O–H groups in total. The van der Waals surface area contributed by atoms with Gasteiger partial charge in [-0.25, -0.2) is 0 Å². The Hall–Kier alpha value is -1.12. The number of rotatable bonds is 3. The Bertz CT molecular complexity index is 362. The van der Waals surface area contributed by atoms with Crippen LogP contribution in [0.2, 0.25) is 0 Å². The van der Waals surface area contributed by atoms with Crippen LogP contribution in [0.25, 0.3) is 0 Å². The topological polar surface area (TPSA) is 34.9 Å². The van der Waals surface area contributed by atoms with E-state index < -0.39 is 0 Å². The van der Waals surface area contributed by atoms with Gasteiger partial charge in [-0.05, 0) is 18.9 Å². The number of hydrogen-bond donors (Lipinski definition) is 0. The zero-order valence-electron chi connectivity index (χ0n) is 10.1. The van der Waals surface area contributed by atoms with Crippen LogP contribution in [-0.4, -0.2) is 15.6 Å². The monoisotopic (exact) mass is 220 g/mol. The fourth-order valence-electron chi connectivity index (χ4n) is 2.42. The molecule has 16 heavy (non-hydrogen) atoms. The van der Waals surface area contributed by atoms with Crippen LogP contribution >= 0.6 is 0 Å². The fraction of sp³-hybridized carbons (Fsp3) is 0.692. The van der Waals surface area contributed by atoms with Crippen molar-refractivity contribution in [2.24, 2.45) is 5.92 Å². The first-order valence-corrected chi connectivity index (χ1v) is 6.28. The van der Waals surface area contributed by atoms with Crippen molar-refractivity contribution >= 4 is 5.78 Å². The molecule has 1 saturated carbocycles. The summed E-state index contributed by atoms with van der Waals surface area (Å²) >= 11 is 0. The Morgan fingerprint density at radius 2 is 2.06 bits per heavy atom. The van der Waals surface area contributed by atoms with Gasteiger partial charge in [-0.15, -0.1) is 0 Å². The predicted molar refractivity (Wildman–Crippen MR) is 63.5 cm³/mol. The van der Waals surface area contributed by atoms with Crippen molar-refractivity contribution in [3.63, 3.8) is 0 Å².